The second kappa shape index (κ2) is 7.12. The number of benzene rings is 1. The Morgan fingerprint density at radius 2 is 2.04 bits per heavy atom. The van der Waals surface area contributed by atoms with Crippen LogP contribution in [0.15, 0.2) is 34.9 Å². The number of nitrogens with zero attached hydrogens (tertiary/aromatic N) is 5. The number of aromatic nitrogens is 5. The number of nitrogens with one attached hydrogen (secondary N) is 2. The van der Waals surface area contributed by atoms with Crippen molar-refractivity contribution in [2.24, 2.45) is 0 Å². The number of amides is 2. The van der Waals surface area contributed by atoms with Crippen molar-refractivity contribution < 1.29 is 9.32 Å². The summed E-state index contributed by atoms with van der Waals surface area (Å²) in [7, 11) is 0. The summed E-state index contributed by atoms with van der Waals surface area (Å²) in [4.78, 5) is 12.2. The molecule has 0 radical (unpaired) electrons. The summed E-state index contributed by atoms with van der Waals surface area (Å²) in [5.41, 5.74) is 2.46. The molecule has 0 aliphatic heterocycles. The van der Waals surface area contributed by atoms with Crippen molar-refractivity contribution in [2.75, 3.05) is 0 Å². The summed E-state index contributed by atoms with van der Waals surface area (Å²) in [5.74, 6) is 1.23. The molecule has 2 amide bonds. The minimum absolute atomic E-state index is 0.324. The third-order valence-corrected chi connectivity index (χ3v) is 3.84. The fourth-order valence-electron chi connectivity index (χ4n) is 2.45. The molecule has 2 N–H and O–H groups in total. The van der Waals surface area contributed by atoms with Gasteiger partial charge in [0.25, 0.3) is 0 Å². The van der Waals surface area contributed by atoms with Gasteiger partial charge in [-0.2, -0.15) is 4.68 Å². The Balaban J connectivity index is 1.64. The van der Waals surface area contributed by atoms with Crippen LogP contribution in [0, 0.1) is 13.8 Å². The second-order valence-corrected chi connectivity index (χ2v) is 5.64. The zero-order valence-electron chi connectivity index (χ0n) is 14.2. The van der Waals surface area contributed by atoms with Crippen LogP contribution in [0.2, 0.25) is 0 Å². The SMILES string of the molecule is Cc1noc(C)c1CNC(=O)N[C@H](C)c1nnnn1-c1ccccc1. The second-order valence-electron chi connectivity index (χ2n) is 5.64. The highest BCUT2D eigenvalue weighted by Crippen LogP contribution is 2.14. The first-order valence-electron chi connectivity index (χ1n) is 7.86. The molecule has 0 saturated carbocycles. The maximum atomic E-state index is 12.2. The molecule has 9 heteroatoms. The number of para-hydroxylation sites is 1. The summed E-state index contributed by atoms with van der Waals surface area (Å²) >= 11 is 0. The van der Waals surface area contributed by atoms with Crippen LogP contribution in [0.4, 0.5) is 4.79 Å². The Labute approximate surface area is 144 Å². The van der Waals surface area contributed by atoms with Crippen LogP contribution in [0.5, 0.6) is 0 Å². The number of hydrogen-bond acceptors (Lipinski definition) is 6. The zero-order valence-corrected chi connectivity index (χ0v) is 14.2. The highest BCUT2D eigenvalue weighted by molar-refractivity contribution is 5.74. The predicted molar refractivity (Wildman–Crippen MR) is 88.9 cm³/mol. The third-order valence-electron chi connectivity index (χ3n) is 3.84. The molecule has 130 valence electrons. The first kappa shape index (κ1) is 16.6. The lowest BCUT2D eigenvalue weighted by Crippen LogP contribution is -2.37. The van der Waals surface area contributed by atoms with Gasteiger partial charge in [-0.1, -0.05) is 23.4 Å². The van der Waals surface area contributed by atoms with Crippen LogP contribution < -0.4 is 10.6 Å². The van der Waals surface area contributed by atoms with Crippen molar-refractivity contribution in [3.8, 4) is 5.69 Å². The molecular weight excluding hydrogens is 322 g/mol. The largest absolute Gasteiger partial charge is 0.361 e. The van der Waals surface area contributed by atoms with E-state index in [2.05, 4.69) is 31.3 Å². The van der Waals surface area contributed by atoms with Crippen LogP contribution in [0.3, 0.4) is 0 Å². The lowest BCUT2D eigenvalue weighted by Gasteiger charge is -2.14. The number of aryl methyl sites for hydroxylation is 2. The number of hydrogen-bond donors (Lipinski definition) is 2. The monoisotopic (exact) mass is 341 g/mol. The van der Waals surface area contributed by atoms with Crippen LogP contribution in [-0.2, 0) is 6.54 Å². The van der Waals surface area contributed by atoms with E-state index >= 15 is 0 Å². The van der Waals surface area contributed by atoms with Crippen LogP contribution in [0.25, 0.3) is 5.69 Å². The van der Waals surface area contributed by atoms with Gasteiger partial charge in [-0.3, -0.25) is 0 Å². The normalized spacial score (nSPS) is 12.0. The Kier molecular flexibility index (Phi) is 4.73. The molecule has 0 bridgehead atoms. The Morgan fingerprint density at radius 3 is 2.72 bits per heavy atom. The number of carbonyl (C=O) groups excluding carboxylic acids is 1. The number of tetrazole rings is 1. The molecule has 0 fully saturated rings. The molecule has 0 aliphatic rings. The Bertz CT molecular complexity index is 837. The lowest BCUT2D eigenvalue weighted by molar-refractivity contribution is 0.237. The lowest BCUT2D eigenvalue weighted by atomic mass is 10.2. The summed E-state index contributed by atoms with van der Waals surface area (Å²) in [6.07, 6.45) is 0. The molecule has 0 unspecified atom stereocenters. The van der Waals surface area contributed by atoms with Crippen molar-refractivity contribution in [1.82, 2.24) is 36.0 Å². The van der Waals surface area contributed by atoms with Crippen molar-refractivity contribution in [3.63, 3.8) is 0 Å². The predicted octanol–water partition coefficient (Wildman–Crippen LogP) is 1.83. The molecule has 1 atom stereocenters. The van der Waals surface area contributed by atoms with Crippen molar-refractivity contribution >= 4 is 6.03 Å². The molecule has 2 heterocycles. The smallest absolute Gasteiger partial charge is 0.315 e. The van der Waals surface area contributed by atoms with Crippen molar-refractivity contribution in [1.29, 1.82) is 0 Å². The number of rotatable bonds is 5. The van der Waals surface area contributed by atoms with Gasteiger partial charge in [0.1, 0.15) is 5.76 Å². The van der Waals surface area contributed by atoms with E-state index in [4.69, 9.17) is 4.52 Å². The van der Waals surface area contributed by atoms with Crippen LogP contribution in [-0.4, -0.2) is 31.4 Å². The van der Waals surface area contributed by atoms with Gasteiger partial charge in [-0.05, 0) is 43.3 Å². The maximum Gasteiger partial charge on any atom is 0.315 e. The average Bonchev–Trinajstić information content (AvgIpc) is 3.21. The fraction of sp³-hybridized carbons (Fsp3) is 0.312. The molecule has 9 nitrogen and oxygen atoms in total. The molecular formula is C16H19N7O2. The molecule has 3 aromatic rings. The highest BCUT2D eigenvalue weighted by atomic mass is 16.5. The molecule has 25 heavy (non-hydrogen) atoms. The minimum atomic E-state index is -0.375. The molecule has 2 aromatic heterocycles. The van der Waals surface area contributed by atoms with Crippen molar-refractivity contribution in [2.45, 2.75) is 33.4 Å². The number of carbonyl (C=O) groups is 1. The maximum absolute atomic E-state index is 12.2. The quantitative estimate of drug-likeness (QED) is 0.732. The summed E-state index contributed by atoms with van der Waals surface area (Å²) < 4.78 is 6.68. The van der Waals surface area contributed by atoms with Crippen molar-refractivity contribution in [3.05, 3.63) is 53.2 Å². The van der Waals surface area contributed by atoms with E-state index in [0.717, 1.165) is 16.9 Å². The topological polar surface area (TPSA) is 111 Å². The van der Waals surface area contributed by atoms with E-state index in [1.54, 1.807) is 4.68 Å². The molecule has 0 aliphatic carbocycles. The van der Waals surface area contributed by atoms with E-state index in [-0.39, 0.29) is 12.1 Å². The van der Waals surface area contributed by atoms with Gasteiger partial charge in [0.15, 0.2) is 5.82 Å². The minimum Gasteiger partial charge on any atom is -0.361 e. The van der Waals surface area contributed by atoms with E-state index in [1.807, 2.05) is 51.1 Å². The average molecular weight is 341 g/mol. The summed E-state index contributed by atoms with van der Waals surface area (Å²) in [6, 6.07) is 8.80. The van der Waals surface area contributed by atoms with Crippen LogP contribution >= 0.6 is 0 Å². The third kappa shape index (κ3) is 3.65. The first-order valence-corrected chi connectivity index (χ1v) is 7.86. The standard InChI is InChI=1S/C16H19N7O2/c1-10-14(12(3)25-20-10)9-17-16(24)18-11(2)15-19-21-22-23(15)13-7-5-4-6-8-13/h4-8,11H,9H2,1-3H3,(H2,17,18,24)/t11-/m1/s1. The summed E-state index contributed by atoms with van der Waals surface area (Å²) in [6.45, 7) is 5.80. The Morgan fingerprint density at radius 1 is 1.28 bits per heavy atom. The summed E-state index contributed by atoms with van der Waals surface area (Å²) in [5, 5.41) is 21.2. The fourth-order valence-corrected chi connectivity index (χ4v) is 2.45. The van der Waals surface area contributed by atoms with E-state index in [9.17, 15) is 4.79 Å². The van der Waals surface area contributed by atoms with Gasteiger partial charge in [-0.25, -0.2) is 4.79 Å². The molecule has 1 aromatic carbocycles. The van der Waals surface area contributed by atoms with Gasteiger partial charge in [0.2, 0.25) is 0 Å². The van der Waals surface area contributed by atoms with E-state index in [0.29, 0.717) is 18.1 Å². The van der Waals surface area contributed by atoms with E-state index < -0.39 is 0 Å². The van der Waals surface area contributed by atoms with Gasteiger partial charge in [-0.15, -0.1) is 5.10 Å². The first-order chi connectivity index (χ1) is 12.1. The highest BCUT2D eigenvalue weighted by Gasteiger charge is 2.18. The Hall–Kier alpha value is -3.23. The number of urea groups is 1. The molecule has 0 saturated heterocycles. The van der Waals surface area contributed by atoms with Crippen LogP contribution in [0.1, 0.15) is 35.8 Å². The van der Waals surface area contributed by atoms with Gasteiger partial charge in [0.05, 0.1) is 17.4 Å². The zero-order chi connectivity index (χ0) is 17.8. The van der Waals surface area contributed by atoms with Gasteiger partial charge < -0.3 is 15.2 Å². The van der Waals surface area contributed by atoms with E-state index in [1.165, 1.54) is 0 Å². The van der Waals surface area contributed by atoms with Gasteiger partial charge >= 0.3 is 6.03 Å². The van der Waals surface area contributed by atoms with Gasteiger partial charge in [0, 0.05) is 12.1 Å². The molecule has 0 spiro atoms. The molecule has 3 rings (SSSR count).